The van der Waals surface area contributed by atoms with Gasteiger partial charge in [-0.1, -0.05) is 34.6 Å². The molecule has 0 aromatic carbocycles. The number of methoxy groups -OCH3 is 2. The molecule has 0 saturated carbocycles. The van der Waals surface area contributed by atoms with Crippen molar-refractivity contribution in [2.75, 3.05) is 20.8 Å². The first kappa shape index (κ1) is 21.8. The normalized spacial score (nSPS) is 34.7. The fourth-order valence-corrected chi connectivity index (χ4v) is 4.92. The molecular weight excluding hydrogens is 350 g/mol. The van der Waals surface area contributed by atoms with E-state index in [-0.39, 0.29) is 23.4 Å². The van der Waals surface area contributed by atoms with Crippen LogP contribution in [0, 0.1) is 16.7 Å². The van der Waals surface area contributed by atoms with E-state index >= 15 is 0 Å². The van der Waals surface area contributed by atoms with Crippen LogP contribution in [0.1, 0.15) is 41.0 Å². The fourth-order valence-electron chi connectivity index (χ4n) is 3.43. The molecule has 0 amide bonds. The van der Waals surface area contributed by atoms with Crippen molar-refractivity contribution in [2.45, 2.75) is 89.4 Å². The van der Waals surface area contributed by atoms with Crippen molar-refractivity contribution in [3.8, 4) is 6.07 Å². The molecule has 0 bridgehead atoms. The highest BCUT2D eigenvalue weighted by atomic mass is 28.4. The Morgan fingerprint density at radius 3 is 2.31 bits per heavy atom. The first-order chi connectivity index (χ1) is 11.9. The third kappa shape index (κ3) is 3.60. The summed E-state index contributed by atoms with van der Waals surface area (Å²) in [5.74, 6) is -0.773. The van der Waals surface area contributed by atoms with Crippen LogP contribution in [0.5, 0.6) is 0 Å². The lowest BCUT2D eigenvalue weighted by atomic mass is 9.74. The maximum Gasteiger partial charge on any atom is 0.197 e. The zero-order valence-corrected chi connectivity index (χ0v) is 18.7. The molecule has 2 aliphatic heterocycles. The van der Waals surface area contributed by atoms with Gasteiger partial charge in [-0.15, -0.1) is 0 Å². The smallest absolute Gasteiger partial charge is 0.197 e. The minimum Gasteiger partial charge on any atom is -0.387 e. The number of fused-ring (bicyclic) bond motifs is 1. The summed E-state index contributed by atoms with van der Waals surface area (Å²) in [4.78, 5) is 0. The second-order valence-corrected chi connectivity index (χ2v) is 14.2. The summed E-state index contributed by atoms with van der Waals surface area (Å²) in [6.45, 7) is 15.7. The molecule has 2 heterocycles. The molecule has 0 aromatic rings. The molecule has 26 heavy (non-hydrogen) atoms. The fraction of sp³-hybridized carbons (Fsp3) is 0.947. The van der Waals surface area contributed by atoms with Crippen LogP contribution in [0.15, 0.2) is 0 Å². The zero-order valence-electron chi connectivity index (χ0n) is 17.7. The molecule has 2 saturated heterocycles. The minimum absolute atomic E-state index is 0.0510. The van der Waals surface area contributed by atoms with Gasteiger partial charge in [0.1, 0.15) is 0 Å². The second-order valence-electron chi connectivity index (χ2n) is 9.51. The molecule has 0 aliphatic carbocycles. The van der Waals surface area contributed by atoms with Crippen LogP contribution < -0.4 is 0 Å². The van der Waals surface area contributed by atoms with E-state index < -0.39 is 25.6 Å². The molecule has 7 heteroatoms. The number of epoxide rings is 1. The molecule has 0 N–H and O–H groups in total. The first-order valence-corrected chi connectivity index (χ1v) is 12.2. The number of ether oxygens (including phenoxy) is 4. The summed E-state index contributed by atoms with van der Waals surface area (Å²) in [5, 5.41) is 9.64. The van der Waals surface area contributed by atoms with Crippen LogP contribution in [0.4, 0.5) is 0 Å². The van der Waals surface area contributed by atoms with E-state index in [0.717, 1.165) is 0 Å². The molecule has 150 valence electrons. The van der Waals surface area contributed by atoms with Crippen molar-refractivity contribution < 1.29 is 23.4 Å². The number of hydrogen-bond donors (Lipinski definition) is 0. The van der Waals surface area contributed by atoms with Crippen molar-refractivity contribution in [1.82, 2.24) is 0 Å². The summed E-state index contributed by atoms with van der Waals surface area (Å²) in [6.07, 6.45) is -0.678. The zero-order chi connectivity index (χ0) is 20.0. The lowest BCUT2D eigenvalue weighted by Gasteiger charge is -2.48. The van der Waals surface area contributed by atoms with Crippen LogP contribution in [-0.2, 0) is 23.4 Å². The van der Waals surface area contributed by atoms with Crippen molar-refractivity contribution in [2.24, 2.45) is 5.41 Å². The topological polar surface area (TPSA) is 73.2 Å². The molecule has 2 aliphatic rings. The van der Waals surface area contributed by atoms with Gasteiger partial charge in [0, 0.05) is 26.1 Å². The number of nitriles is 1. The van der Waals surface area contributed by atoms with Crippen molar-refractivity contribution >= 4 is 8.32 Å². The van der Waals surface area contributed by atoms with Gasteiger partial charge in [0.25, 0.3) is 0 Å². The van der Waals surface area contributed by atoms with Crippen molar-refractivity contribution in [3.05, 3.63) is 0 Å². The highest BCUT2D eigenvalue weighted by Crippen LogP contribution is 2.61. The Bertz CT molecular complexity index is 553. The number of rotatable bonds is 7. The van der Waals surface area contributed by atoms with E-state index in [1.807, 2.05) is 0 Å². The molecule has 0 unspecified atom stereocenters. The van der Waals surface area contributed by atoms with E-state index in [9.17, 15) is 5.26 Å². The van der Waals surface area contributed by atoms with Crippen LogP contribution in [-0.4, -0.2) is 59.3 Å². The van der Waals surface area contributed by atoms with Gasteiger partial charge in [0.15, 0.2) is 26.3 Å². The molecule has 0 radical (unpaired) electrons. The Morgan fingerprint density at radius 1 is 1.23 bits per heavy atom. The highest BCUT2D eigenvalue weighted by molar-refractivity contribution is 6.74. The van der Waals surface area contributed by atoms with Gasteiger partial charge < -0.3 is 23.4 Å². The predicted molar refractivity (Wildman–Crippen MR) is 101 cm³/mol. The van der Waals surface area contributed by atoms with Gasteiger partial charge in [-0.3, -0.25) is 0 Å². The molecule has 0 spiro atoms. The predicted octanol–water partition coefficient (Wildman–Crippen LogP) is 3.47. The standard InChI is InChI=1S/C19H35NO5Si/c1-17(2,3)26(8,9)25-19-16(24-19)14(11-20)23-15(18(19,4)5)10-13(22-7)12-21-6/h13-16H,10,12H2,1-9H3/t13-,14+,15+,16+,19-/m0/s1. The van der Waals surface area contributed by atoms with Crippen LogP contribution >= 0.6 is 0 Å². The largest absolute Gasteiger partial charge is 0.387 e. The first-order valence-electron chi connectivity index (χ1n) is 9.31. The molecule has 5 atom stereocenters. The van der Waals surface area contributed by atoms with Gasteiger partial charge in [-0.25, -0.2) is 0 Å². The Kier molecular flexibility index (Phi) is 6.00. The van der Waals surface area contributed by atoms with Crippen LogP contribution in [0.3, 0.4) is 0 Å². The van der Waals surface area contributed by atoms with Gasteiger partial charge >= 0.3 is 0 Å². The summed E-state index contributed by atoms with van der Waals surface area (Å²) in [5.41, 5.74) is -0.412. The molecule has 2 fully saturated rings. The maximum atomic E-state index is 9.59. The third-order valence-electron chi connectivity index (χ3n) is 6.41. The lowest BCUT2D eigenvalue weighted by Crippen LogP contribution is -2.60. The number of nitrogens with zero attached hydrogens (tertiary/aromatic N) is 1. The Labute approximate surface area is 159 Å². The summed E-state index contributed by atoms with van der Waals surface area (Å²) in [6, 6.07) is 2.25. The molecule has 2 rings (SSSR count). The van der Waals surface area contributed by atoms with Gasteiger partial charge in [-0.05, 0) is 18.1 Å². The maximum absolute atomic E-state index is 9.59. The average Bonchev–Trinajstić information content (AvgIpc) is 3.24. The van der Waals surface area contributed by atoms with Crippen molar-refractivity contribution in [1.29, 1.82) is 5.26 Å². The van der Waals surface area contributed by atoms with E-state index in [2.05, 4.69) is 53.8 Å². The summed E-state index contributed by atoms with van der Waals surface area (Å²) in [7, 11) is 1.23. The Morgan fingerprint density at radius 2 is 1.85 bits per heavy atom. The Balaban J connectivity index is 2.31. The second kappa shape index (κ2) is 7.15. The molecular formula is C19H35NO5Si. The van der Waals surface area contributed by atoms with E-state index in [0.29, 0.717) is 13.0 Å². The minimum atomic E-state index is -2.09. The van der Waals surface area contributed by atoms with Crippen LogP contribution in [0.25, 0.3) is 0 Å². The monoisotopic (exact) mass is 385 g/mol. The SMILES string of the molecule is COC[C@H](C[C@H]1O[C@H](C#N)[C@H]2O[C@@]2(O[Si](C)(C)C(C)(C)C)C1(C)C)OC. The van der Waals surface area contributed by atoms with Gasteiger partial charge in [0.2, 0.25) is 0 Å². The van der Waals surface area contributed by atoms with E-state index in [4.69, 9.17) is 23.4 Å². The van der Waals surface area contributed by atoms with Gasteiger partial charge in [0.05, 0.1) is 24.9 Å². The van der Waals surface area contributed by atoms with E-state index in [1.54, 1.807) is 14.2 Å². The van der Waals surface area contributed by atoms with Gasteiger partial charge in [-0.2, -0.15) is 5.26 Å². The highest BCUT2D eigenvalue weighted by Gasteiger charge is 2.76. The van der Waals surface area contributed by atoms with Crippen molar-refractivity contribution in [3.63, 3.8) is 0 Å². The van der Waals surface area contributed by atoms with Crippen LogP contribution in [0.2, 0.25) is 18.1 Å². The quantitative estimate of drug-likeness (QED) is 0.493. The summed E-state index contributed by atoms with van der Waals surface area (Å²) >= 11 is 0. The average molecular weight is 386 g/mol. The third-order valence-corrected chi connectivity index (χ3v) is 10.8. The number of hydrogen-bond acceptors (Lipinski definition) is 6. The summed E-state index contributed by atoms with van der Waals surface area (Å²) < 4.78 is 29.8. The van der Waals surface area contributed by atoms with E-state index in [1.165, 1.54) is 0 Å². The molecule has 0 aromatic heterocycles. The Hall–Kier alpha value is -0.493. The lowest BCUT2D eigenvalue weighted by molar-refractivity contribution is -0.174. The molecule has 6 nitrogen and oxygen atoms in total.